The van der Waals surface area contributed by atoms with Gasteiger partial charge in [-0.15, -0.1) is 0 Å². The molecule has 2 aromatic rings. The van der Waals surface area contributed by atoms with Crippen molar-refractivity contribution >= 4 is 11.5 Å². The number of carbonyl (C=O) groups is 1. The van der Waals surface area contributed by atoms with Crippen molar-refractivity contribution in [2.24, 2.45) is 0 Å². The van der Waals surface area contributed by atoms with Gasteiger partial charge in [0, 0.05) is 19.0 Å². The van der Waals surface area contributed by atoms with Crippen LogP contribution in [0.25, 0.3) is 5.57 Å². The molecule has 4 nitrogen and oxygen atoms in total. The lowest BCUT2D eigenvalue weighted by molar-refractivity contribution is -0.887. The van der Waals surface area contributed by atoms with Gasteiger partial charge >= 0.3 is 0 Å². The first-order valence-corrected chi connectivity index (χ1v) is 10.2. The van der Waals surface area contributed by atoms with Gasteiger partial charge in [-0.1, -0.05) is 42.5 Å². The lowest BCUT2D eigenvalue weighted by atomic mass is 9.99. The number of rotatable bonds is 7. The van der Waals surface area contributed by atoms with Gasteiger partial charge in [-0.25, -0.2) is 0 Å². The second-order valence-corrected chi connectivity index (χ2v) is 7.83. The summed E-state index contributed by atoms with van der Waals surface area (Å²) in [7, 11) is 1.67. The van der Waals surface area contributed by atoms with Crippen molar-refractivity contribution < 1.29 is 14.4 Å². The minimum Gasteiger partial charge on any atom is -0.497 e. The molecule has 1 fully saturated rings. The molecule has 1 heterocycles. The van der Waals surface area contributed by atoms with Gasteiger partial charge in [0.25, 0.3) is 5.91 Å². The normalized spacial score (nSPS) is 19.0. The van der Waals surface area contributed by atoms with Gasteiger partial charge in [0.2, 0.25) is 0 Å². The summed E-state index contributed by atoms with van der Waals surface area (Å²) in [4.78, 5) is 16.5. The van der Waals surface area contributed by atoms with E-state index in [9.17, 15) is 4.79 Å². The van der Waals surface area contributed by atoms with E-state index in [4.69, 9.17) is 4.74 Å². The summed E-state index contributed by atoms with van der Waals surface area (Å²) < 4.78 is 5.23. The van der Waals surface area contributed by atoms with Crippen LogP contribution in [0.4, 0.5) is 0 Å². The van der Waals surface area contributed by atoms with E-state index in [1.165, 1.54) is 21.6 Å². The Labute approximate surface area is 167 Å². The molecule has 0 radical (unpaired) electrons. The molecular weight excluding hydrogens is 348 g/mol. The number of amides is 1. The van der Waals surface area contributed by atoms with Gasteiger partial charge in [0.15, 0.2) is 6.54 Å². The average molecular weight is 378 g/mol. The average Bonchev–Trinajstić information content (AvgIpc) is 3.59. The predicted molar refractivity (Wildman–Crippen MR) is 111 cm³/mol. The molecule has 1 aliphatic carbocycles. The van der Waals surface area contributed by atoms with Crippen LogP contribution >= 0.6 is 0 Å². The molecule has 0 saturated heterocycles. The predicted octanol–water partition coefficient (Wildman–Crippen LogP) is 2.56. The van der Waals surface area contributed by atoms with Crippen LogP contribution in [-0.4, -0.2) is 43.6 Å². The van der Waals surface area contributed by atoms with Crippen molar-refractivity contribution in [1.82, 2.24) is 4.90 Å². The fraction of sp³-hybridized carbons (Fsp3) is 0.375. The molecule has 1 aliphatic heterocycles. The molecule has 4 heteroatoms. The topological polar surface area (TPSA) is 34.0 Å². The molecule has 1 amide bonds. The third-order valence-corrected chi connectivity index (χ3v) is 5.75. The van der Waals surface area contributed by atoms with Crippen molar-refractivity contribution in [1.29, 1.82) is 0 Å². The van der Waals surface area contributed by atoms with Crippen molar-refractivity contribution in [3.8, 4) is 5.75 Å². The van der Waals surface area contributed by atoms with E-state index in [1.807, 2.05) is 12.1 Å². The number of ether oxygens (including phenoxy) is 1. The van der Waals surface area contributed by atoms with Gasteiger partial charge in [0.1, 0.15) is 5.75 Å². The van der Waals surface area contributed by atoms with E-state index in [1.54, 1.807) is 7.11 Å². The van der Waals surface area contributed by atoms with Crippen molar-refractivity contribution in [2.45, 2.75) is 31.8 Å². The standard InChI is InChI=1S/C24H28N2O2/c1-28-23-11-7-19(8-12-23)17-26(22-9-10-22)24(27)18-25-15-13-21(14-16-25)20-5-3-2-4-6-20/h2-8,11-13,22H,9-10,14-18H2,1H3/p+1. The first kappa shape index (κ1) is 18.8. The number of hydrogen-bond acceptors (Lipinski definition) is 2. The first-order chi connectivity index (χ1) is 13.7. The van der Waals surface area contributed by atoms with Gasteiger partial charge in [0.05, 0.1) is 20.2 Å². The third-order valence-electron chi connectivity index (χ3n) is 5.75. The Hall–Kier alpha value is -2.59. The SMILES string of the molecule is COc1ccc(CN(C(=O)C[NH+]2CC=C(c3ccccc3)CC2)C2CC2)cc1. The van der Waals surface area contributed by atoms with E-state index in [0.29, 0.717) is 19.1 Å². The highest BCUT2D eigenvalue weighted by Gasteiger charge is 2.34. The maximum absolute atomic E-state index is 13.0. The van der Waals surface area contributed by atoms with Crippen LogP contribution in [0.15, 0.2) is 60.7 Å². The summed E-state index contributed by atoms with van der Waals surface area (Å²) in [5.74, 6) is 1.14. The molecule has 2 aromatic carbocycles. The number of carbonyl (C=O) groups excluding carboxylic acids is 1. The number of nitrogens with one attached hydrogen (secondary N) is 1. The van der Waals surface area contributed by atoms with Crippen molar-refractivity contribution in [2.75, 3.05) is 26.7 Å². The van der Waals surface area contributed by atoms with Crippen LogP contribution in [0.5, 0.6) is 5.75 Å². The highest BCUT2D eigenvalue weighted by molar-refractivity contribution is 5.78. The van der Waals surface area contributed by atoms with Crippen LogP contribution in [0, 0.1) is 0 Å². The molecule has 1 saturated carbocycles. The molecule has 1 atom stereocenters. The zero-order valence-corrected chi connectivity index (χ0v) is 16.6. The molecule has 1 unspecified atom stereocenters. The number of hydrogen-bond donors (Lipinski definition) is 1. The highest BCUT2D eigenvalue weighted by atomic mass is 16.5. The Morgan fingerprint density at radius 3 is 2.46 bits per heavy atom. The highest BCUT2D eigenvalue weighted by Crippen LogP contribution is 2.28. The molecule has 0 bridgehead atoms. The van der Waals surface area contributed by atoms with E-state index in [2.05, 4.69) is 53.4 Å². The number of quaternary nitrogens is 1. The Morgan fingerprint density at radius 2 is 1.86 bits per heavy atom. The minimum absolute atomic E-state index is 0.282. The fourth-order valence-electron chi connectivity index (χ4n) is 3.91. The Bertz CT molecular complexity index is 825. The summed E-state index contributed by atoms with van der Waals surface area (Å²) in [6, 6.07) is 19.1. The Balaban J connectivity index is 1.35. The molecule has 1 N–H and O–H groups in total. The Morgan fingerprint density at radius 1 is 1.11 bits per heavy atom. The molecule has 0 aromatic heterocycles. The smallest absolute Gasteiger partial charge is 0.278 e. The van der Waals surface area contributed by atoms with Crippen LogP contribution in [0.3, 0.4) is 0 Å². The summed E-state index contributed by atoms with van der Waals surface area (Å²) in [5.41, 5.74) is 3.89. The fourth-order valence-corrected chi connectivity index (χ4v) is 3.91. The van der Waals surface area contributed by atoms with Crippen LogP contribution in [0.2, 0.25) is 0 Å². The Kier molecular flexibility index (Phi) is 5.77. The zero-order valence-electron chi connectivity index (χ0n) is 16.6. The van der Waals surface area contributed by atoms with E-state index in [-0.39, 0.29) is 5.91 Å². The van der Waals surface area contributed by atoms with Gasteiger partial charge in [-0.3, -0.25) is 4.79 Å². The van der Waals surface area contributed by atoms with Gasteiger partial charge in [-0.2, -0.15) is 0 Å². The van der Waals surface area contributed by atoms with E-state index < -0.39 is 0 Å². The number of benzene rings is 2. The quantitative estimate of drug-likeness (QED) is 0.805. The first-order valence-electron chi connectivity index (χ1n) is 10.2. The lowest BCUT2D eigenvalue weighted by Crippen LogP contribution is -3.13. The summed E-state index contributed by atoms with van der Waals surface area (Å²) in [6.07, 6.45) is 5.62. The van der Waals surface area contributed by atoms with Crippen LogP contribution < -0.4 is 9.64 Å². The van der Waals surface area contributed by atoms with E-state index in [0.717, 1.165) is 38.1 Å². The summed E-state index contributed by atoms with van der Waals surface area (Å²) in [5, 5.41) is 0. The number of nitrogens with zero attached hydrogens (tertiary/aromatic N) is 1. The maximum atomic E-state index is 13.0. The summed E-state index contributed by atoms with van der Waals surface area (Å²) >= 11 is 0. The molecule has 146 valence electrons. The summed E-state index contributed by atoms with van der Waals surface area (Å²) in [6.45, 7) is 3.24. The van der Waals surface area contributed by atoms with Gasteiger partial charge < -0.3 is 14.5 Å². The molecule has 4 rings (SSSR count). The molecular formula is C24H29N2O2+. The maximum Gasteiger partial charge on any atom is 0.278 e. The minimum atomic E-state index is 0.282. The third kappa shape index (κ3) is 4.63. The van der Waals surface area contributed by atoms with Gasteiger partial charge in [-0.05, 0) is 47.8 Å². The molecule has 28 heavy (non-hydrogen) atoms. The van der Waals surface area contributed by atoms with E-state index >= 15 is 0 Å². The number of methoxy groups -OCH3 is 1. The van der Waals surface area contributed by atoms with Crippen molar-refractivity contribution in [3.63, 3.8) is 0 Å². The van der Waals surface area contributed by atoms with Crippen molar-refractivity contribution in [3.05, 3.63) is 71.8 Å². The monoisotopic (exact) mass is 377 g/mol. The molecule has 0 spiro atoms. The second kappa shape index (κ2) is 8.61. The largest absolute Gasteiger partial charge is 0.497 e. The van der Waals surface area contributed by atoms with Crippen LogP contribution in [-0.2, 0) is 11.3 Å². The second-order valence-electron chi connectivity index (χ2n) is 7.83. The zero-order chi connectivity index (χ0) is 19.3. The molecule has 2 aliphatic rings. The van der Waals surface area contributed by atoms with Crippen LogP contribution in [0.1, 0.15) is 30.4 Å². The lowest BCUT2D eigenvalue weighted by Gasteiger charge is -2.27.